The van der Waals surface area contributed by atoms with Crippen molar-refractivity contribution in [3.05, 3.63) is 70.1 Å². The number of aliphatic hydroxyl groups excluding tert-OH is 1. The third kappa shape index (κ3) is 7.89. The maximum atomic E-state index is 13.8. The van der Waals surface area contributed by atoms with Crippen molar-refractivity contribution in [2.75, 3.05) is 63.2 Å². The lowest BCUT2D eigenvalue weighted by Crippen LogP contribution is -2.56. The molecule has 258 valence electrons. The molecular formula is C34H40FN9O3S2. The lowest BCUT2D eigenvalue weighted by Gasteiger charge is -2.37. The first kappa shape index (κ1) is 34.8. The Hall–Kier alpha value is -4.07. The third-order valence-electron chi connectivity index (χ3n) is 9.04. The number of imidazole rings is 1. The van der Waals surface area contributed by atoms with E-state index in [1.807, 2.05) is 49.3 Å². The molecule has 2 fully saturated rings. The highest BCUT2D eigenvalue weighted by atomic mass is 32.1. The summed E-state index contributed by atoms with van der Waals surface area (Å²) >= 11 is 5.59. The highest BCUT2D eigenvalue weighted by Gasteiger charge is 2.35. The molecule has 12 nitrogen and oxygen atoms in total. The van der Waals surface area contributed by atoms with E-state index in [-0.39, 0.29) is 30.7 Å². The number of carbonyl (C=O) groups is 1. The molecule has 2 aliphatic heterocycles. The van der Waals surface area contributed by atoms with Crippen LogP contribution in [-0.2, 0) is 22.6 Å². The summed E-state index contributed by atoms with van der Waals surface area (Å²) in [5.74, 6) is 1.12. The van der Waals surface area contributed by atoms with Crippen molar-refractivity contribution in [2.24, 2.45) is 5.10 Å². The zero-order chi connectivity index (χ0) is 34.5. The SMILES string of the molecule is CN(c1nc(C2=CC=C(F)CC2)c(C#N)s1)c1c(CCOCc2ccccc2)nc(N2CCC(N(C)CC(=O)N3CC(O)C3)C2)n1/N=C\S. The second-order valence-corrected chi connectivity index (χ2v) is 13.6. The largest absolute Gasteiger partial charge is 0.389 e. The number of β-amino-alcohol motifs (C(OH)–C–C–N with tert-alkyl or cyclic N) is 1. The van der Waals surface area contributed by atoms with Crippen LogP contribution in [0.2, 0.25) is 0 Å². The van der Waals surface area contributed by atoms with Crippen LogP contribution in [0.1, 0.15) is 41.1 Å². The molecule has 15 heteroatoms. The van der Waals surface area contributed by atoms with Crippen LogP contribution < -0.4 is 9.80 Å². The first-order valence-corrected chi connectivity index (χ1v) is 17.6. The summed E-state index contributed by atoms with van der Waals surface area (Å²) in [6.45, 7) is 3.27. The molecule has 49 heavy (non-hydrogen) atoms. The van der Waals surface area contributed by atoms with E-state index in [2.05, 4.69) is 33.6 Å². The van der Waals surface area contributed by atoms with Crippen LogP contribution in [0.4, 0.5) is 21.3 Å². The van der Waals surface area contributed by atoms with E-state index in [4.69, 9.17) is 14.7 Å². The van der Waals surface area contributed by atoms with E-state index in [9.17, 15) is 19.6 Å². The van der Waals surface area contributed by atoms with Crippen LogP contribution in [0.15, 0.2) is 53.4 Å². The molecule has 0 spiro atoms. The highest BCUT2D eigenvalue weighted by molar-refractivity contribution is 7.94. The van der Waals surface area contributed by atoms with E-state index < -0.39 is 6.10 Å². The number of amides is 1. The average Bonchev–Trinajstić information content (AvgIpc) is 3.84. The number of nitrogens with zero attached hydrogens (tertiary/aromatic N) is 9. The fraction of sp³-hybridized carbons (Fsp3) is 0.441. The van der Waals surface area contributed by atoms with E-state index >= 15 is 0 Å². The number of aromatic nitrogens is 3. The zero-order valence-corrected chi connectivity index (χ0v) is 29.3. The molecule has 1 aliphatic carbocycles. The monoisotopic (exact) mass is 705 g/mol. The number of carbonyl (C=O) groups excluding carboxylic acids is 1. The molecule has 0 bridgehead atoms. The lowest BCUT2D eigenvalue weighted by molar-refractivity contribution is -0.142. The van der Waals surface area contributed by atoms with Gasteiger partial charge in [0.2, 0.25) is 11.9 Å². The maximum absolute atomic E-state index is 13.8. The topological polar surface area (TPSA) is 126 Å². The zero-order valence-electron chi connectivity index (χ0n) is 27.6. The predicted molar refractivity (Wildman–Crippen MR) is 192 cm³/mol. The molecule has 1 N–H and O–H groups in total. The lowest BCUT2D eigenvalue weighted by atomic mass is 10.0. The summed E-state index contributed by atoms with van der Waals surface area (Å²) in [7, 11) is 3.82. The van der Waals surface area contributed by atoms with Gasteiger partial charge in [-0.1, -0.05) is 47.7 Å². The molecule has 3 aromatic rings. The Labute approximate surface area is 294 Å². The van der Waals surface area contributed by atoms with Crippen LogP contribution in [0.5, 0.6) is 0 Å². The average molecular weight is 706 g/mol. The number of aliphatic hydroxyl groups is 1. The number of allylic oxidation sites excluding steroid dienone is 4. The number of anilines is 3. The van der Waals surface area contributed by atoms with Gasteiger partial charge in [-0.15, -0.1) is 12.6 Å². The fourth-order valence-corrected chi connectivity index (χ4v) is 7.23. The fourth-order valence-electron chi connectivity index (χ4n) is 6.26. The Bertz CT molecular complexity index is 1780. The van der Waals surface area contributed by atoms with E-state index in [0.29, 0.717) is 79.7 Å². The van der Waals surface area contributed by atoms with Gasteiger partial charge in [-0.25, -0.2) is 14.4 Å². The Morgan fingerprint density at radius 2 is 2.02 bits per heavy atom. The molecule has 4 heterocycles. The second kappa shape index (κ2) is 15.6. The summed E-state index contributed by atoms with van der Waals surface area (Å²) in [6, 6.07) is 12.4. The molecule has 2 saturated heterocycles. The normalized spacial score (nSPS) is 18.2. The molecular weight excluding hydrogens is 666 g/mol. The van der Waals surface area contributed by atoms with Crippen molar-refractivity contribution in [2.45, 2.75) is 44.4 Å². The summed E-state index contributed by atoms with van der Waals surface area (Å²) in [5, 5.41) is 24.8. The van der Waals surface area contributed by atoms with Crippen LogP contribution in [0, 0.1) is 11.3 Å². The number of halogens is 1. The molecule has 1 unspecified atom stereocenters. The number of nitriles is 1. The van der Waals surface area contributed by atoms with Gasteiger partial charge < -0.3 is 24.5 Å². The molecule has 2 aromatic heterocycles. The van der Waals surface area contributed by atoms with E-state index in [1.54, 1.807) is 15.7 Å². The molecule has 0 saturated carbocycles. The number of likely N-dealkylation sites (tertiary alicyclic amines) is 1. The standard InChI is InChI=1S/C34H40FN9O3S2/c1-40(20-30(46)43-18-27(45)19-43)26-12-14-42(17-26)33-38-28(13-15-47-21-23-6-4-3-5-7-23)32(44(33)37-22-48)41(2)34-39-31(29(16-36)49-34)24-8-10-25(35)11-9-24/h3-8,10,22,26-27,45H,9,11-15,17-21H2,1-2H3,(H,37,48). The number of rotatable bonds is 13. The minimum absolute atomic E-state index is 0.0128. The van der Waals surface area contributed by atoms with E-state index in [0.717, 1.165) is 23.3 Å². The predicted octanol–water partition coefficient (Wildman–Crippen LogP) is 4.20. The molecule has 1 amide bonds. The summed E-state index contributed by atoms with van der Waals surface area (Å²) < 4.78 is 21.6. The number of benzene rings is 1. The Balaban J connectivity index is 1.27. The molecule has 3 aliphatic rings. The van der Waals surface area contributed by atoms with Gasteiger partial charge in [-0.2, -0.15) is 15.0 Å². The van der Waals surface area contributed by atoms with Gasteiger partial charge >= 0.3 is 0 Å². The minimum Gasteiger partial charge on any atom is -0.389 e. The van der Waals surface area contributed by atoms with Gasteiger partial charge in [0.15, 0.2) is 10.9 Å². The van der Waals surface area contributed by atoms with Crippen molar-refractivity contribution in [3.8, 4) is 6.07 Å². The van der Waals surface area contributed by atoms with Crippen molar-refractivity contribution in [1.82, 2.24) is 24.4 Å². The molecule has 1 atom stereocenters. The first-order valence-electron chi connectivity index (χ1n) is 16.3. The smallest absolute Gasteiger partial charge is 0.236 e. The van der Waals surface area contributed by atoms with Gasteiger partial charge in [0.1, 0.15) is 16.8 Å². The van der Waals surface area contributed by atoms with Gasteiger partial charge in [0.25, 0.3) is 0 Å². The number of hydrogen-bond donors (Lipinski definition) is 2. The van der Waals surface area contributed by atoms with Gasteiger partial charge in [-0.3, -0.25) is 9.69 Å². The van der Waals surface area contributed by atoms with Crippen molar-refractivity contribution in [1.29, 1.82) is 5.26 Å². The number of hydrogen-bond acceptors (Lipinski definition) is 11. The van der Waals surface area contributed by atoms with Crippen LogP contribution >= 0.6 is 24.0 Å². The summed E-state index contributed by atoms with van der Waals surface area (Å²) in [5.41, 5.74) is 4.61. The summed E-state index contributed by atoms with van der Waals surface area (Å²) in [4.78, 5) is 30.9. The first-order chi connectivity index (χ1) is 23.7. The number of thiazole rings is 1. The quantitative estimate of drug-likeness (QED) is 0.117. The van der Waals surface area contributed by atoms with Gasteiger partial charge in [-0.05, 0) is 37.1 Å². The van der Waals surface area contributed by atoms with E-state index in [1.165, 1.54) is 23.0 Å². The Morgan fingerprint density at radius 3 is 2.71 bits per heavy atom. The van der Waals surface area contributed by atoms with Crippen LogP contribution in [0.3, 0.4) is 0 Å². The molecule has 1 aromatic carbocycles. The molecule has 6 rings (SSSR count). The van der Waals surface area contributed by atoms with Crippen molar-refractivity contribution < 1.29 is 19.0 Å². The maximum Gasteiger partial charge on any atom is 0.236 e. The van der Waals surface area contributed by atoms with Crippen molar-refractivity contribution in [3.63, 3.8) is 0 Å². The van der Waals surface area contributed by atoms with Crippen LogP contribution in [-0.4, -0.2) is 107 Å². The number of likely N-dealkylation sites (N-methyl/N-ethyl adjacent to an activating group) is 1. The molecule has 0 radical (unpaired) electrons. The van der Waals surface area contributed by atoms with Gasteiger partial charge in [0, 0.05) is 52.1 Å². The highest BCUT2D eigenvalue weighted by Crippen LogP contribution is 2.39. The van der Waals surface area contributed by atoms with Gasteiger partial charge in [0.05, 0.1) is 42.8 Å². The van der Waals surface area contributed by atoms with Crippen LogP contribution in [0.25, 0.3) is 5.57 Å². The minimum atomic E-state index is -0.429. The Morgan fingerprint density at radius 1 is 1.22 bits per heavy atom. The third-order valence-corrected chi connectivity index (χ3v) is 10.2. The second-order valence-electron chi connectivity index (χ2n) is 12.4. The number of ether oxygens (including phenoxy) is 1. The summed E-state index contributed by atoms with van der Waals surface area (Å²) in [6.07, 6.45) is 4.77. The van der Waals surface area contributed by atoms with Crippen molar-refractivity contribution >= 4 is 57.9 Å². The Kier molecular flexibility index (Phi) is 11.1. The number of thiol groups is 1.